The first-order chi connectivity index (χ1) is 7.84. The zero-order chi connectivity index (χ0) is 13.1. The van der Waals surface area contributed by atoms with E-state index in [9.17, 15) is 4.79 Å². The molecule has 1 heterocycles. The minimum atomic E-state index is -0.347. The fourth-order valence-corrected chi connectivity index (χ4v) is 1.23. The van der Waals surface area contributed by atoms with Gasteiger partial charge in [-0.2, -0.15) is 0 Å². The highest BCUT2D eigenvalue weighted by molar-refractivity contribution is 5.74. The van der Waals surface area contributed by atoms with Crippen LogP contribution in [0.2, 0.25) is 0 Å². The van der Waals surface area contributed by atoms with Crippen LogP contribution in [0.4, 0.5) is 0 Å². The molecule has 0 aromatic carbocycles. The molecule has 1 rings (SSSR count). The van der Waals surface area contributed by atoms with E-state index in [1.165, 1.54) is 7.11 Å². The molecule has 0 unspecified atom stereocenters. The molecule has 1 N–H and O–H groups in total. The number of aromatic nitrogens is 3. The number of ether oxygens (including phenoxy) is 1. The number of esters is 1. The molecule has 96 valence electrons. The van der Waals surface area contributed by atoms with Crippen molar-refractivity contribution in [2.24, 2.45) is 0 Å². The number of carbonyl (C=O) groups excluding carboxylic acids is 1. The summed E-state index contributed by atoms with van der Waals surface area (Å²) in [6.07, 6.45) is 1.87. The van der Waals surface area contributed by atoms with Crippen molar-refractivity contribution in [3.8, 4) is 0 Å². The van der Waals surface area contributed by atoms with Gasteiger partial charge in [0.15, 0.2) is 0 Å². The van der Waals surface area contributed by atoms with Crippen molar-refractivity contribution < 1.29 is 9.53 Å². The number of carbonyl (C=O) groups is 1. The van der Waals surface area contributed by atoms with Crippen LogP contribution >= 0.6 is 0 Å². The predicted molar refractivity (Wildman–Crippen MR) is 63.3 cm³/mol. The zero-order valence-corrected chi connectivity index (χ0v) is 11.0. The highest BCUT2D eigenvalue weighted by Crippen LogP contribution is 2.11. The quantitative estimate of drug-likeness (QED) is 0.784. The average Bonchev–Trinajstić information content (AvgIpc) is 2.72. The van der Waals surface area contributed by atoms with E-state index in [0.29, 0.717) is 6.54 Å². The van der Waals surface area contributed by atoms with Gasteiger partial charge in [0.05, 0.1) is 24.5 Å². The van der Waals surface area contributed by atoms with Crippen LogP contribution in [0.5, 0.6) is 0 Å². The summed E-state index contributed by atoms with van der Waals surface area (Å²) in [7, 11) is 1.37. The Morgan fingerprint density at radius 3 is 2.71 bits per heavy atom. The molecule has 0 saturated heterocycles. The first-order valence-electron chi connectivity index (χ1n) is 5.57. The van der Waals surface area contributed by atoms with E-state index in [-0.39, 0.29) is 17.6 Å². The third-order valence-corrected chi connectivity index (χ3v) is 2.37. The van der Waals surface area contributed by atoms with Crippen molar-refractivity contribution in [1.82, 2.24) is 20.3 Å². The van der Waals surface area contributed by atoms with Crippen LogP contribution in [-0.4, -0.2) is 34.1 Å². The van der Waals surface area contributed by atoms with Crippen molar-refractivity contribution >= 4 is 5.97 Å². The fraction of sp³-hybridized carbons (Fsp3) is 0.727. The summed E-state index contributed by atoms with van der Waals surface area (Å²) in [6.45, 7) is 8.40. The van der Waals surface area contributed by atoms with Gasteiger partial charge in [0, 0.05) is 6.54 Å². The summed E-state index contributed by atoms with van der Waals surface area (Å²) in [5.41, 5.74) is 0.717. The molecule has 6 heteroatoms. The van der Waals surface area contributed by atoms with Crippen LogP contribution in [0.25, 0.3) is 0 Å². The topological polar surface area (TPSA) is 69.0 Å². The van der Waals surface area contributed by atoms with E-state index in [4.69, 9.17) is 0 Å². The number of rotatable bonds is 4. The van der Waals surface area contributed by atoms with Crippen LogP contribution in [0.3, 0.4) is 0 Å². The third kappa shape index (κ3) is 3.81. The van der Waals surface area contributed by atoms with Gasteiger partial charge in [-0.15, -0.1) is 5.10 Å². The molecule has 0 radical (unpaired) electrons. The van der Waals surface area contributed by atoms with E-state index in [2.05, 4.69) is 41.1 Å². The molecule has 0 amide bonds. The Morgan fingerprint density at radius 2 is 2.24 bits per heavy atom. The van der Waals surface area contributed by atoms with Crippen LogP contribution in [-0.2, 0) is 21.6 Å². The van der Waals surface area contributed by atoms with Crippen LogP contribution in [0.1, 0.15) is 33.4 Å². The van der Waals surface area contributed by atoms with Gasteiger partial charge in [-0.1, -0.05) is 5.21 Å². The van der Waals surface area contributed by atoms with Gasteiger partial charge in [0.1, 0.15) is 6.04 Å². The van der Waals surface area contributed by atoms with Crippen molar-refractivity contribution in [3.05, 3.63) is 11.9 Å². The van der Waals surface area contributed by atoms with E-state index in [0.717, 1.165) is 5.69 Å². The van der Waals surface area contributed by atoms with Crippen molar-refractivity contribution in [2.45, 2.75) is 45.8 Å². The lowest BCUT2D eigenvalue weighted by molar-refractivity contribution is -0.142. The van der Waals surface area contributed by atoms with Crippen LogP contribution in [0.15, 0.2) is 6.20 Å². The highest BCUT2D eigenvalue weighted by atomic mass is 16.5. The van der Waals surface area contributed by atoms with E-state index in [1.54, 1.807) is 11.6 Å². The van der Waals surface area contributed by atoms with Gasteiger partial charge >= 0.3 is 5.97 Å². The second-order valence-electron chi connectivity index (χ2n) is 4.95. The third-order valence-electron chi connectivity index (χ3n) is 2.37. The Labute approximate surface area is 101 Å². The maximum atomic E-state index is 11.2. The van der Waals surface area contributed by atoms with Gasteiger partial charge in [-0.3, -0.25) is 10.1 Å². The normalized spacial score (nSPS) is 13.5. The van der Waals surface area contributed by atoms with Crippen LogP contribution < -0.4 is 5.32 Å². The van der Waals surface area contributed by atoms with Crippen molar-refractivity contribution in [2.75, 3.05) is 7.11 Å². The van der Waals surface area contributed by atoms with Gasteiger partial charge in [-0.05, 0) is 27.7 Å². The molecule has 1 atom stereocenters. The van der Waals surface area contributed by atoms with Gasteiger partial charge in [0.25, 0.3) is 0 Å². The number of hydrogen-bond donors (Lipinski definition) is 1. The van der Waals surface area contributed by atoms with Crippen molar-refractivity contribution in [3.63, 3.8) is 0 Å². The molecule has 17 heavy (non-hydrogen) atoms. The highest BCUT2D eigenvalue weighted by Gasteiger charge is 2.16. The first kappa shape index (κ1) is 13.6. The Kier molecular flexibility index (Phi) is 4.22. The van der Waals surface area contributed by atoms with Gasteiger partial charge in [-0.25, -0.2) is 4.68 Å². The summed E-state index contributed by atoms with van der Waals surface area (Å²) in [4.78, 5) is 11.2. The number of methoxy groups -OCH3 is 1. The molecule has 1 aromatic heterocycles. The smallest absolute Gasteiger partial charge is 0.322 e. The molecular formula is C11H20N4O2. The molecule has 6 nitrogen and oxygen atoms in total. The predicted octanol–water partition coefficient (Wildman–Crippen LogP) is 0.684. The molecule has 1 aromatic rings. The molecule has 0 aliphatic rings. The molecule has 0 bridgehead atoms. The Morgan fingerprint density at radius 1 is 1.59 bits per heavy atom. The van der Waals surface area contributed by atoms with E-state index < -0.39 is 0 Å². The molecular weight excluding hydrogens is 220 g/mol. The first-order valence-corrected chi connectivity index (χ1v) is 5.57. The Hall–Kier alpha value is -1.43. The van der Waals surface area contributed by atoms with Gasteiger partial charge in [0.2, 0.25) is 0 Å². The van der Waals surface area contributed by atoms with Gasteiger partial charge < -0.3 is 4.74 Å². The lowest BCUT2D eigenvalue weighted by atomic mass is 10.1. The minimum Gasteiger partial charge on any atom is -0.468 e. The second kappa shape index (κ2) is 5.27. The summed E-state index contributed by atoms with van der Waals surface area (Å²) in [5.74, 6) is -0.284. The standard InChI is InChI=1S/C11H20N4O2/c1-8(10(16)17-5)12-6-9-7-15(14-13-9)11(2,3)4/h7-8,12H,6H2,1-5H3/t8-/m0/s1. The number of nitrogens with zero attached hydrogens (tertiary/aromatic N) is 3. The lowest BCUT2D eigenvalue weighted by Crippen LogP contribution is -2.34. The molecule has 0 saturated carbocycles. The largest absolute Gasteiger partial charge is 0.468 e. The molecule has 0 aliphatic heterocycles. The monoisotopic (exact) mass is 240 g/mol. The minimum absolute atomic E-state index is 0.0841. The summed E-state index contributed by atoms with van der Waals surface area (Å²) in [5, 5.41) is 11.1. The second-order valence-corrected chi connectivity index (χ2v) is 4.95. The Bertz CT molecular complexity index is 381. The maximum absolute atomic E-state index is 11.2. The van der Waals surface area contributed by atoms with E-state index in [1.807, 2.05) is 6.20 Å². The number of hydrogen-bond acceptors (Lipinski definition) is 5. The van der Waals surface area contributed by atoms with Crippen LogP contribution in [0, 0.1) is 0 Å². The Balaban J connectivity index is 2.53. The fourth-order valence-electron chi connectivity index (χ4n) is 1.23. The van der Waals surface area contributed by atoms with Crippen molar-refractivity contribution in [1.29, 1.82) is 0 Å². The maximum Gasteiger partial charge on any atom is 0.322 e. The zero-order valence-electron chi connectivity index (χ0n) is 11.0. The molecule has 0 aliphatic carbocycles. The summed E-state index contributed by atoms with van der Waals surface area (Å²) in [6, 6.07) is -0.347. The molecule has 0 fully saturated rings. The molecule has 0 spiro atoms. The van der Waals surface area contributed by atoms with E-state index >= 15 is 0 Å². The SMILES string of the molecule is COC(=O)[C@H](C)NCc1cn(C(C)(C)C)nn1. The summed E-state index contributed by atoms with van der Waals surface area (Å²) < 4.78 is 6.42. The lowest BCUT2D eigenvalue weighted by Gasteiger charge is -2.17. The summed E-state index contributed by atoms with van der Waals surface area (Å²) >= 11 is 0. The average molecular weight is 240 g/mol. The number of nitrogens with one attached hydrogen (secondary N) is 1.